The molecule has 1 unspecified atom stereocenters. The number of hydrogen-bond donors (Lipinski definition) is 3. The summed E-state index contributed by atoms with van der Waals surface area (Å²) in [5.41, 5.74) is 6.77. The van der Waals surface area contributed by atoms with Crippen LogP contribution >= 0.6 is 0 Å². The van der Waals surface area contributed by atoms with E-state index in [1.165, 1.54) is 24.0 Å². The molecule has 182 valence electrons. The molecule has 2 aliphatic heterocycles. The molecule has 36 heavy (non-hydrogen) atoms. The molecule has 3 heterocycles. The van der Waals surface area contributed by atoms with Crippen LogP contribution in [-0.2, 0) is 24.2 Å². The number of carbonyl (C=O) groups is 2. The largest absolute Gasteiger partial charge is 0.340 e. The first-order valence-electron chi connectivity index (χ1n) is 12.5. The Kier molecular flexibility index (Phi) is 5.64. The molecule has 1 fully saturated rings. The topological polar surface area (TPSA) is 99.2 Å². The number of fused-ring (bicyclic) bond motifs is 2. The number of allylic oxidation sites excluding steroid dienone is 1. The summed E-state index contributed by atoms with van der Waals surface area (Å²) >= 11 is 0. The lowest BCUT2D eigenvalue weighted by Crippen LogP contribution is -2.49. The number of amides is 2. The molecule has 1 aromatic heterocycles. The highest BCUT2D eigenvalue weighted by Gasteiger charge is 2.39. The molecule has 1 saturated heterocycles. The van der Waals surface area contributed by atoms with Crippen LogP contribution in [0.25, 0.3) is 0 Å². The van der Waals surface area contributed by atoms with E-state index < -0.39 is 6.04 Å². The summed E-state index contributed by atoms with van der Waals surface area (Å²) in [4.78, 5) is 36.4. The van der Waals surface area contributed by atoms with Crippen molar-refractivity contribution >= 4 is 35.0 Å². The van der Waals surface area contributed by atoms with E-state index in [0.717, 1.165) is 29.8 Å². The fraction of sp³-hybridized carbons (Fsp3) is 0.286. The Morgan fingerprint density at radius 2 is 1.86 bits per heavy atom. The van der Waals surface area contributed by atoms with Crippen LogP contribution in [0.3, 0.4) is 0 Å². The summed E-state index contributed by atoms with van der Waals surface area (Å²) in [7, 11) is 0. The van der Waals surface area contributed by atoms with E-state index in [9.17, 15) is 9.59 Å². The number of piperidine rings is 1. The Hall–Kier alpha value is -4.20. The van der Waals surface area contributed by atoms with Crippen molar-refractivity contribution in [1.82, 2.24) is 20.2 Å². The molecule has 0 bridgehead atoms. The molecule has 3 aliphatic rings. The number of aryl methyl sites for hydroxylation is 2. The van der Waals surface area contributed by atoms with Gasteiger partial charge in [0.2, 0.25) is 11.9 Å². The summed E-state index contributed by atoms with van der Waals surface area (Å²) in [6, 6.07) is 13.4. The molecule has 0 spiro atoms. The number of benzene rings is 2. The highest BCUT2D eigenvalue weighted by atomic mass is 16.2. The third-order valence-corrected chi connectivity index (χ3v) is 7.22. The van der Waals surface area contributed by atoms with Crippen LogP contribution in [0.5, 0.6) is 0 Å². The maximum Gasteiger partial charge on any atom is 0.255 e. The standard InChI is InChI=1S/C28H28N6O2/c1-17-9-12-24(26(35)30-17)34-16-22-21(27(34)36)7-4-8-23(22)32-25-13-14-29-28(33-25)31-20-11-10-18-5-2-3-6-19(18)15-20/h4,7-8,10-11,13-15,24H,1-3,5-6,9,12,16H2,(H,30,35)(H2,29,31,32,33). The van der Waals surface area contributed by atoms with Crippen molar-refractivity contribution in [1.29, 1.82) is 0 Å². The maximum atomic E-state index is 13.1. The van der Waals surface area contributed by atoms with E-state index in [-0.39, 0.29) is 11.8 Å². The minimum atomic E-state index is -0.491. The van der Waals surface area contributed by atoms with E-state index >= 15 is 0 Å². The normalized spacial score (nSPS) is 18.9. The van der Waals surface area contributed by atoms with Gasteiger partial charge in [0.1, 0.15) is 11.9 Å². The van der Waals surface area contributed by atoms with Gasteiger partial charge < -0.3 is 20.9 Å². The molecular weight excluding hydrogens is 452 g/mol. The van der Waals surface area contributed by atoms with Crippen LogP contribution in [0.1, 0.15) is 52.7 Å². The van der Waals surface area contributed by atoms with E-state index in [0.29, 0.717) is 42.4 Å². The van der Waals surface area contributed by atoms with Gasteiger partial charge in [-0.25, -0.2) is 4.98 Å². The Morgan fingerprint density at radius 3 is 2.72 bits per heavy atom. The second kappa shape index (κ2) is 9.11. The maximum absolute atomic E-state index is 13.1. The van der Waals surface area contributed by atoms with Crippen molar-refractivity contribution in [2.75, 3.05) is 10.6 Å². The summed E-state index contributed by atoms with van der Waals surface area (Å²) in [6.45, 7) is 4.20. The van der Waals surface area contributed by atoms with Gasteiger partial charge in [-0.05, 0) is 80.0 Å². The molecule has 8 nitrogen and oxygen atoms in total. The zero-order chi connectivity index (χ0) is 24.6. The first-order valence-corrected chi connectivity index (χ1v) is 12.5. The first-order chi connectivity index (χ1) is 17.5. The average molecular weight is 481 g/mol. The van der Waals surface area contributed by atoms with Gasteiger partial charge in [0.15, 0.2) is 0 Å². The summed E-state index contributed by atoms with van der Waals surface area (Å²) in [6.07, 6.45) is 7.70. The molecule has 3 N–H and O–H groups in total. The lowest BCUT2D eigenvalue weighted by molar-refractivity contribution is -0.126. The smallest absolute Gasteiger partial charge is 0.255 e. The summed E-state index contributed by atoms with van der Waals surface area (Å²) < 4.78 is 0. The molecule has 2 amide bonds. The third-order valence-electron chi connectivity index (χ3n) is 7.22. The minimum Gasteiger partial charge on any atom is -0.340 e. The van der Waals surface area contributed by atoms with Gasteiger partial charge in [-0.15, -0.1) is 0 Å². The third kappa shape index (κ3) is 4.19. The number of aromatic nitrogens is 2. The second-order valence-corrected chi connectivity index (χ2v) is 9.62. The molecule has 8 heteroatoms. The van der Waals surface area contributed by atoms with Crippen LogP contribution in [0.15, 0.2) is 60.9 Å². The number of nitrogens with one attached hydrogen (secondary N) is 3. The van der Waals surface area contributed by atoms with Crippen LogP contribution in [0.4, 0.5) is 23.1 Å². The van der Waals surface area contributed by atoms with Crippen molar-refractivity contribution in [3.05, 3.63) is 83.2 Å². The van der Waals surface area contributed by atoms with Gasteiger partial charge in [-0.1, -0.05) is 18.7 Å². The van der Waals surface area contributed by atoms with Crippen LogP contribution < -0.4 is 16.0 Å². The van der Waals surface area contributed by atoms with Crippen LogP contribution in [0.2, 0.25) is 0 Å². The van der Waals surface area contributed by atoms with Gasteiger partial charge in [-0.2, -0.15) is 4.98 Å². The van der Waals surface area contributed by atoms with Crippen molar-refractivity contribution in [2.45, 2.75) is 51.1 Å². The zero-order valence-electron chi connectivity index (χ0n) is 20.0. The van der Waals surface area contributed by atoms with E-state index in [1.54, 1.807) is 17.2 Å². The van der Waals surface area contributed by atoms with Crippen molar-refractivity contribution in [3.8, 4) is 0 Å². The van der Waals surface area contributed by atoms with E-state index in [2.05, 4.69) is 50.7 Å². The molecule has 1 atom stereocenters. The molecule has 1 aliphatic carbocycles. The predicted molar refractivity (Wildman–Crippen MR) is 138 cm³/mol. The van der Waals surface area contributed by atoms with E-state index in [4.69, 9.17) is 0 Å². The van der Waals surface area contributed by atoms with Crippen molar-refractivity contribution < 1.29 is 9.59 Å². The average Bonchev–Trinajstić information content (AvgIpc) is 3.21. The molecule has 0 saturated carbocycles. The van der Waals surface area contributed by atoms with Gasteiger partial charge >= 0.3 is 0 Å². The fourth-order valence-corrected chi connectivity index (χ4v) is 5.35. The Labute approximate surface area is 209 Å². The summed E-state index contributed by atoms with van der Waals surface area (Å²) in [5, 5.41) is 9.46. The van der Waals surface area contributed by atoms with Gasteiger partial charge in [0, 0.05) is 40.9 Å². The fourth-order valence-electron chi connectivity index (χ4n) is 5.35. The number of hydrogen-bond acceptors (Lipinski definition) is 6. The van der Waals surface area contributed by atoms with Gasteiger partial charge in [0.05, 0.1) is 0 Å². The minimum absolute atomic E-state index is 0.126. The summed E-state index contributed by atoms with van der Waals surface area (Å²) in [5.74, 6) is 0.825. The van der Waals surface area contributed by atoms with Crippen molar-refractivity contribution in [3.63, 3.8) is 0 Å². The Bertz CT molecular complexity index is 1380. The molecule has 6 rings (SSSR count). The van der Waals surface area contributed by atoms with Gasteiger partial charge in [-0.3, -0.25) is 9.59 Å². The Morgan fingerprint density at radius 1 is 1.00 bits per heavy atom. The SMILES string of the molecule is C=C1CCC(N2Cc3c(Nc4ccnc(Nc5ccc6c(c5)CCCC6)n4)cccc3C2=O)C(=O)N1. The number of anilines is 4. The lowest BCUT2D eigenvalue weighted by atomic mass is 9.91. The van der Waals surface area contributed by atoms with Gasteiger partial charge in [0.25, 0.3) is 5.91 Å². The first kappa shape index (κ1) is 22.3. The van der Waals surface area contributed by atoms with Crippen LogP contribution in [-0.4, -0.2) is 32.7 Å². The highest BCUT2D eigenvalue weighted by molar-refractivity contribution is 6.03. The van der Waals surface area contributed by atoms with E-state index in [1.807, 2.05) is 18.2 Å². The second-order valence-electron chi connectivity index (χ2n) is 9.62. The highest BCUT2D eigenvalue weighted by Crippen LogP contribution is 2.34. The van der Waals surface area contributed by atoms with Crippen LogP contribution in [0, 0.1) is 0 Å². The Balaban J connectivity index is 1.20. The molecule has 2 aromatic carbocycles. The monoisotopic (exact) mass is 480 g/mol. The lowest BCUT2D eigenvalue weighted by Gasteiger charge is -2.31. The molecule has 3 aromatic rings. The quantitative estimate of drug-likeness (QED) is 0.494. The number of carbonyl (C=O) groups excluding carboxylic acids is 2. The zero-order valence-corrected chi connectivity index (χ0v) is 20.0. The predicted octanol–water partition coefficient (Wildman–Crippen LogP) is 4.59. The number of rotatable bonds is 5. The number of nitrogens with zero attached hydrogens (tertiary/aromatic N) is 3. The molecular formula is C28H28N6O2. The molecule has 0 radical (unpaired) electrons. The van der Waals surface area contributed by atoms with Crippen molar-refractivity contribution in [2.24, 2.45) is 0 Å².